The minimum absolute atomic E-state index is 0.0963. The first kappa shape index (κ1) is 14.1. The van der Waals surface area contributed by atoms with Gasteiger partial charge >= 0.3 is 0 Å². The molecule has 1 aromatic carbocycles. The van der Waals surface area contributed by atoms with Crippen molar-refractivity contribution in [3.8, 4) is 0 Å². The number of hydrogen-bond acceptors (Lipinski definition) is 3. The third-order valence-corrected chi connectivity index (χ3v) is 4.16. The van der Waals surface area contributed by atoms with Crippen molar-refractivity contribution in [2.24, 2.45) is 5.41 Å². The topological polar surface area (TPSA) is 46.4 Å². The molecule has 19 heavy (non-hydrogen) atoms. The van der Waals surface area contributed by atoms with Crippen molar-refractivity contribution in [3.05, 3.63) is 33.3 Å². The molecular formula is C14H19ClN2O2. The van der Waals surface area contributed by atoms with Crippen molar-refractivity contribution in [3.63, 3.8) is 0 Å². The number of nitro benzene ring substituents is 1. The van der Waals surface area contributed by atoms with Crippen LogP contribution in [0.3, 0.4) is 0 Å². The van der Waals surface area contributed by atoms with Gasteiger partial charge in [-0.15, -0.1) is 0 Å². The lowest BCUT2D eigenvalue weighted by Gasteiger charge is -2.43. The second-order valence-corrected chi connectivity index (χ2v) is 6.43. The second-order valence-electron chi connectivity index (χ2n) is 6.03. The number of nitro groups is 1. The molecule has 1 atom stereocenters. The molecule has 4 nitrogen and oxygen atoms in total. The molecule has 104 valence electrons. The molecule has 0 amide bonds. The number of benzene rings is 1. The van der Waals surface area contributed by atoms with Gasteiger partial charge in [0, 0.05) is 18.7 Å². The fourth-order valence-corrected chi connectivity index (χ4v) is 3.20. The molecule has 1 saturated heterocycles. The highest BCUT2D eigenvalue weighted by Crippen LogP contribution is 2.42. The van der Waals surface area contributed by atoms with Crippen molar-refractivity contribution < 1.29 is 4.92 Å². The zero-order valence-electron chi connectivity index (χ0n) is 11.5. The smallest absolute Gasteiger partial charge is 0.294 e. The molecule has 0 aromatic heterocycles. The van der Waals surface area contributed by atoms with Crippen LogP contribution in [0.2, 0.25) is 5.02 Å². The predicted molar refractivity (Wildman–Crippen MR) is 77.9 cm³/mol. The largest absolute Gasteiger partial charge is 0.362 e. The highest BCUT2D eigenvalue weighted by Gasteiger charge is 2.34. The van der Waals surface area contributed by atoms with Crippen LogP contribution in [-0.4, -0.2) is 17.5 Å². The highest BCUT2D eigenvalue weighted by molar-refractivity contribution is 6.33. The summed E-state index contributed by atoms with van der Waals surface area (Å²) in [6.07, 6.45) is 2.02. The van der Waals surface area contributed by atoms with E-state index in [1.807, 2.05) is 0 Å². The molecule has 0 spiro atoms. The van der Waals surface area contributed by atoms with Crippen LogP contribution in [0.25, 0.3) is 0 Å². The first-order valence-electron chi connectivity index (χ1n) is 6.51. The fraction of sp³-hybridized carbons (Fsp3) is 0.571. The van der Waals surface area contributed by atoms with Gasteiger partial charge < -0.3 is 4.90 Å². The molecule has 0 aliphatic carbocycles. The number of hydrogen-bond donors (Lipinski definition) is 0. The van der Waals surface area contributed by atoms with E-state index in [-0.39, 0.29) is 22.1 Å². The van der Waals surface area contributed by atoms with Gasteiger partial charge in [0.2, 0.25) is 0 Å². The average molecular weight is 283 g/mol. The monoisotopic (exact) mass is 282 g/mol. The molecule has 0 saturated carbocycles. The Hall–Kier alpha value is -1.29. The van der Waals surface area contributed by atoms with E-state index >= 15 is 0 Å². The van der Waals surface area contributed by atoms with Crippen LogP contribution in [0.1, 0.15) is 33.6 Å². The van der Waals surface area contributed by atoms with E-state index in [2.05, 4.69) is 25.7 Å². The van der Waals surface area contributed by atoms with Crippen molar-refractivity contribution in [2.45, 2.75) is 39.7 Å². The summed E-state index contributed by atoms with van der Waals surface area (Å²) in [5.41, 5.74) is 0.947. The standard InChI is InChI=1S/C14H19ClN2O2/c1-10-9-14(2,3)7-8-16(10)13-11(15)5-4-6-12(13)17(18)19/h4-6,10H,7-9H2,1-3H3. The van der Waals surface area contributed by atoms with Gasteiger partial charge in [-0.2, -0.15) is 0 Å². The van der Waals surface area contributed by atoms with Crippen molar-refractivity contribution in [1.29, 1.82) is 0 Å². The molecule has 0 bridgehead atoms. The van der Waals surface area contributed by atoms with Crippen molar-refractivity contribution in [1.82, 2.24) is 0 Å². The molecule has 1 aliphatic heterocycles. The van der Waals surface area contributed by atoms with E-state index < -0.39 is 0 Å². The Morgan fingerprint density at radius 3 is 2.74 bits per heavy atom. The third kappa shape index (κ3) is 2.84. The van der Waals surface area contributed by atoms with Crippen LogP contribution in [0.4, 0.5) is 11.4 Å². The summed E-state index contributed by atoms with van der Waals surface area (Å²) in [5, 5.41) is 11.6. The molecule has 1 aromatic rings. The SMILES string of the molecule is CC1CC(C)(C)CCN1c1c(Cl)cccc1[N+](=O)[O-]. The maximum atomic E-state index is 11.2. The number of rotatable bonds is 2. The molecule has 5 heteroatoms. The van der Waals surface area contributed by atoms with Gasteiger partial charge in [0.25, 0.3) is 5.69 Å². The van der Waals surface area contributed by atoms with E-state index in [1.54, 1.807) is 12.1 Å². The van der Waals surface area contributed by atoms with Gasteiger partial charge in [-0.25, -0.2) is 0 Å². The van der Waals surface area contributed by atoms with E-state index in [4.69, 9.17) is 11.6 Å². The normalized spacial score (nSPS) is 22.3. The van der Waals surface area contributed by atoms with Crippen molar-refractivity contribution >= 4 is 23.0 Å². The fourth-order valence-electron chi connectivity index (χ4n) is 2.92. The summed E-state index contributed by atoms with van der Waals surface area (Å²) in [4.78, 5) is 12.9. The van der Waals surface area contributed by atoms with Gasteiger partial charge in [-0.3, -0.25) is 10.1 Å². The van der Waals surface area contributed by atoms with Gasteiger partial charge in [-0.1, -0.05) is 31.5 Å². The zero-order chi connectivity index (χ0) is 14.2. The Bertz CT molecular complexity index is 502. The lowest BCUT2D eigenvalue weighted by molar-refractivity contribution is -0.384. The average Bonchev–Trinajstić information content (AvgIpc) is 2.28. The summed E-state index contributed by atoms with van der Waals surface area (Å²) in [5.74, 6) is 0. The molecule has 0 N–H and O–H groups in total. The molecule has 1 unspecified atom stereocenters. The summed E-state index contributed by atoms with van der Waals surface area (Å²) < 4.78 is 0. The lowest BCUT2D eigenvalue weighted by Crippen LogP contribution is -2.44. The Balaban J connectivity index is 2.40. The van der Waals surface area contributed by atoms with Crippen LogP contribution < -0.4 is 4.90 Å². The Morgan fingerprint density at radius 1 is 1.47 bits per heavy atom. The molecule has 1 aliphatic rings. The van der Waals surface area contributed by atoms with Crippen molar-refractivity contribution in [2.75, 3.05) is 11.4 Å². The minimum atomic E-state index is -0.353. The van der Waals surface area contributed by atoms with Gasteiger partial charge in [0.1, 0.15) is 5.69 Å². The summed E-state index contributed by atoms with van der Waals surface area (Å²) in [6, 6.07) is 5.12. The van der Waals surface area contributed by atoms with Crippen LogP contribution in [0, 0.1) is 15.5 Å². The van der Waals surface area contributed by atoms with Gasteiger partial charge in [-0.05, 0) is 31.2 Å². The first-order valence-corrected chi connectivity index (χ1v) is 6.89. The molecule has 2 rings (SSSR count). The third-order valence-electron chi connectivity index (χ3n) is 3.86. The number of nitrogens with zero attached hydrogens (tertiary/aromatic N) is 2. The van der Waals surface area contributed by atoms with E-state index in [9.17, 15) is 10.1 Å². The Morgan fingerprint density at radius 2 is 2.16 bits per heavy atom. The Labute approximate surface area is 118 Å². The van der Waals surface area contributed by atoms with E-state index in [1.165, 1.54) is 6.07 Å². The van der Waals surface area contributed by atoms with Crippen LogP contribution in [-0.2, 0) is 0 Å². The predicted octanol–water partition coefficient (Wildman–Crippen LogP) is 4.26. The van der Waals surface area contributed by atoms with Crippen LogP contribution >= 0.6 is 11.6 Å². The molecule has 1 fully saturated rings. The maximum Gasteiger partial charge on any atom is 0.294 e. The minimum Gasteiger partial charge on any atom is -0.362 e. The first-order chi connectivity index (χ1) is 8.82. The quantitative estimate of drug-likeness (QED) is 0.601. The number of anilines is 1. The zero-order valence-corrected chi connectivity index (χ0v) is 12.3. The van der Waals surface area contributed by atoms with E-state index in [0.717, 1.165) is 19.4 Å². The van der Waals surface area contributed by atoms with Gasteiger partial charge in [0.05, 0.1) is 9.95 Å². The molecular weight excluding hydrogens is 264 g/mol. The molecule has 1 heterocycles. The Kier molecular flexibility index (Phi) is 3.72. The van der Waals surface area contributed by atoms with E-state index in [0.29, 0.717) is 10.7 Å². The number of piperidine rings is 1. The summed E-state index contributed by atoms with van der Waals surface area (Å²) in [6.45, 7) is 7.39. The lowest BCUT2D eigenvalue weighted by atomic mass is 9.79. The molecule has 0 radical (unpaired) electrons. The number of para-hydroxylation sites is 1. The summed E-state index contributed by atoms with van der Waals surface area (Å²) >= 11 is 6.20. The maximum absolute atomic E-state index is 11.2. The second kappa shape index (κ2) is 5.00. The van der Waals surface area contributed by atoms with Crippen LogP contribution in [0.15, 0.2) is 18.2 Å². The van der Waals surface area contributed by atoms with Gasteiger partial charge in [0.15, 0.2) is 0 Å². The van der Waals surface area contributed by atoms with Crippen LogP contribution in [0.5, 0.6) is 0 Å². The number of halogens is 1. The summed E-state index contributed by atoms with van der Waals surface area (Å²) in [7, 11) is 0. The highest BCUT2D eigenvalue weighted by atomic mass is 35.5.